The summed E-state index contributed by atoms with van der Waals surface area (Å²) in [5.41, 5.74) is 3.53. The molecule has 0 saturated carbocycles. The Bertz CT molecular complexity index is 503. The molecule has 1 aliphatic heterocycles. The maximum absolute atomic E-state index is 11.8. The van der Waals surface area contributed by atoms with E-state index in [0.29, 0.717) is 10.2 Å². The van der Waals surface area contributed by atoms with Crippen LogP contribution in [0.15, 0.2) is 22.7 Å². The van der Waals surface area contributed by atoms with Gasteiger partial charge in [-0.05, 0) is 18.2 Å². The zero-order chi connectivity index (χ0) is 12.1. The molecule has 3 N–H and O–H groups in total. The van der Waals surface area contributed by atoms with Gasteiger partial charge in [0.2, 0.25) is 5.60 Å². The van der Waals surface area contributed by atoms with Crippen LogP contribution < -0.4 is 10.6 Å². The van der Waals surface area contributed by atoms with Gasteiger partial charge in [-0.3, -0.25) is 9.59 Å². The number of amides is 2. The molecule has 0 aliphatic carbocycles. The molecule has 2 amide bonds. The SMILES string of the molecule is CN1C(=O)C(O)(C(N)=O)c2cc(Br)ccc21. The number of carbonyl (C=O) groups is 2. The monoisotopic (exact) mass is 284 g/mol. The maximum Gasteiger partial charge on any atom is 0.273 e. The number of nitrogens with two attached hydrogens (primary N) is 1. The maximum atomic E-state index is 11.8. The Hall–Kier alpha value is -1.40. The van der Waals surface area contributed by atoms with Crippen molar-refractivity contribution in [1.82, 2.24) is 0 Å². The van der Waals surface area contributed by atoms with Crippen molar-refractivity contribution < 1.29 is 14.7 Å². The predicted octanol–water partition coefficient (Wildman–Crippen LogP) is 0.0984. The van der Waals surface area contributed by atoms with Crippen molar-refractivity contribution in [2.45, 2.75) is 5.60 Å². The van der Waals surface area contributed by atoms with E-state index in [9.17, 15) is 14.7 Å². The first-order valence-electron chi connectivity index (χ1n) is 4.49. The van der Waals surface area contributed by atoms with Crippen molar-refractivity contribution in [2.75, 3.05) is 11.9 Å². The summed E-state index contributed by atoms with van der Waals surface area (Å²) in [6.45, 7) is 0. The number of hydrogen-bond donors (Lipinski definition) is 2. The molecule has 5 nitrogen and oxygen atoms in total. The Labute approximate surface area is 100.0 Å². The van der Waals surface area contributed by atoms with E-state index in [1.807, 2.05) is 0 Å². The minimum absolute atomic E-state index is 0.210. The Morgan fingerprint density at radius 2 is 2.19 bits per heavy atom. The van der Waals surface area contributed by atoms with E-state index in [-0.39, 0.29) is 5.56 Å². The van der Waals surface area contributed by atoms with Crippen molar-refractivity contribution in [3.8, 4) is 0 Å². The number of fused-ring (bicyclic) bond motifs is 1. The molecule has 0 spiro atoms. The third-order valence-corrected chi connectivity index (χ3v) is 3.17. The standard InChI is InChI=1S/C10H9BrN2O3/c1-13-7-3-2-5(11)4-6(7)10(16,8(12)14)9(13)15/h2-4,16H,1H3,(H2,12,14). The average Bonchev–Trinajstić information content (AvgIpc) is 2.42. The van der Waals surface area contributed by atoms with Crippen LogP contribution in [0.5, 0.6) is 0 Å². The van der Waals surface area contributed by atoms with Crippen LogP contribution in [-0.4, -0.2) is 24.0 Å². The highest BCUT2D eigenvalue weighted by Crippen LogP contribution is 2.40. The van der Waals surface area contributed by atoms with Crippen molar-refractivity contribution in [2.24, 2.45) is 5.73 Å². The van der Waals surface area contributed by atoms with Crippen LogP contribution in [0.1, 0.15) is 5.56 Å². The first-order chi connectivity index (χ1) is 7.39. The zero-order valence-corrected chi connectivity index (χ0v) is 9.98. The van der Waals surface area contributed by atoms with Gasteiger partial charge < -0.3 is 15.7 Å². The van der Waals surface area contributed by atoms with Gasteiger partial charge in [0.15, 0.2) is 0 Å². The Balaban J connectivity index is 2.74. The number of rotatable bonds is 1. The molecular weight excluding hydrogens is 276 g/mol. The molecule has 0 aromatic heterocycles. The van der Waals surface area contributed by atoms with Crippen molar-refractivity contribution in [3.05, 3.63) is 28.2 Å². The fraction of sp³-hybridized carbons (Fsp3) is 0.200. The first-order valence-corrected chi connectivity index (χ1v) is 5.28. The second-order valence-electron chi connectivity index (χ2n) is 3.60. The van der Waals surface area contributed by atoms with E-state index in [4.69, 9.17) is 5.73 Å². The second kappa shape index (κ2) is 3.29. The van der Waals surface area contributed by atoms with E-state index in [0.717, 1.165) is 0 Å². The fourth-order valence-corrected chi connectivity index (χ4v) is 2.16. The highest BCUT2D eigenvalue weighted by molar-refractivity contribution is 9.10. The topological polar surface area (TPSA) is 83.6 Å². The molecule has 1 aromatic carbocycles. The van der Waals surface area contributed by atoms with Crippen LogP contribution in [0.3, 0.4) is 0 Å². The summed E-state index contributed by atoms with van der Waals surface area (Å²) in [5, 5.41) is 10.1. The number of hydrogen-bond acceptors (Lipinski definition) is 3. The van der Waals surface area contributed by atoms with Crippen molar-refractivity contribution in [1.29, 1.82) is 0 Å². The minimum Gasteiger partial charge on any atom is -0.368 e. The molecule has 0 fully saturated rings. The van der Waals surface area contributed by atoms with Gasteiger partial charge in [0, 0.05) is 17.1 Å². The number of benzene rings is 1. The normalized spacial score (nSPS) is 23.4. The molecule has 1 unspecified atom stereocenters. The lowest BCUT2D eigenvalue weighted by Gasteiger charge is -2.17. The number of primary amides is 1. The van der Waals surface area contributed by atoms with E-state index in [1.165, 1.54) is 18.0 Å². The van der Waals surface area contributed by atoms with Gasteiger partial charge in [0.25, 0.3) is 11.8 Å². The van der Waals surface area contributed by atoms with Crippen LogP contribution in [-0.2, 0) is 15.2 Å². The number of likely N-dealkylation sites (N-methyl/N-ethyl adjacent to an activating group) is 1. The van der Waals surface area contributed by atoms with E-state index in [2.05, 4.69) is 15.9 Å². The Morgan fingerprint density at radius 1 is 1.56 bits per heavy atom. The highest BCUT2D eigenvalue weighted by Gasteiger charge is 2.53. The van der Waals surface area contributed by atoms with Crippen LogP contribution in [0.2, 0.25) is 0 Å². The number of nitrogens with zero attached hydrogens (tertiary/aromatic N) is 1. The van der Waals surface area contributed by atoms with Crippen molar-refractivity contribution in [3.63, 3.8) is 0 Å². The summed E-state index contributed by atoms with van der Waals surface area (Å²) in [6, 6.07) is 4.87. The summed E-state index contributed by atoms with van der Waals surface area (Å²) < 4.78 is 0.661. The minimum atomic E-state index is -2.26. The molecule has 6 heteroatoms. The molecule has 0 radical (unpaired) electrons. The van der Waals surface area contributed by atoms with Gasteiger partial charge in [-0.25, -0.2) is 0 Å². The second-order valence-corrected chi connectivity index (χ2v) is 4.52. The lowest BCUT2D eigenvalue weighted by atomic mass is 9.95. The Kier molecular flexibility index (Phi) is 2.28. The summed E-state index contributed by atoms with van der Waals surface area (Å²) in [6.07, 6.45) is 0. The highest BCUT2D eigenvalue weighted by atomic mass is 79.9. The first kappa shape index (κ1) is 11.1. The average molecular weight is 285 g/mol. The predicted molar refractivity (Wildman–Crippen MR) is 60.6 cm³/mol. The van der Waals surface area contributed by atoms with Gasteiger partial charge in [0.05, 0.1) is 5.69 Å². The molecule has 1 atom stereocenters. The van der Waals surface area contributed by atoms with Crippen LogP contribution >= 0.6 is 15.9 Å². The van der Waals surface area contributed by atoms with Crippen LogP contribution in [0.4, 0.5) is 5.69 Å². The molecule has 1 heterocycles. The molecule has 1 aromatic rings. The number of halogens is 1. The van der Waals surface area contributed by atoms with Gasteiger partial charge in [-0.15, -0.1) is 0 Å². The summed E-state index contributed by atoms with van der Waals surface area (Å²) in [5.74, 6) is -1.80. The van der Waals surface area contributed by atoms with Gasteiger partial charge in [-0.1, -0.05) is 15.9 Å². The van der Waals surface area contributed by atoms with Gasteiger partial charge in [0.1, 0.15) is 0 Å². The number of carbonyl (C=O) groups excluding carboxylic acids is 2. The molecule has 0 saturated heterocycles. The fourth-order valence-electron chi connectivity index (χ4n) is 1.80. The zero-order valence-electron chi connectivity index (χ0n) is 8.40. The smallest absolute Gasteiger partial charge is 0.273 e. The number of anilines is 1. The third kappa shape index (κ3) is 1.20. The van der Waals surface area contributed by atoms with Gasteiger partial charge in [-0.2, -0.15) is 0 Å². The summed E-state index contributed by atoms with van der Waals surface area (Å²) in [7, 11) is 1.48. The quantitative estimate of drug-likeness (QED) is 0.718. The van der Waals surface area contributed by atoms with Crippen LogP contribution in [0, 0.1) is 0 Å². The van der Waals surface area contributed by atoms with Gasteiger partial charge >= 0.3 is 0 Å². The Morgan fingerprint density at radius 3 is 2.75 bits per heavy atom. The molecule has 0 bridgehead atoms. The summed E-state index contributed by atoms with van der Waals surface area (Å²) in [4.78, 5) is 24.3. The van der Waals surface area contributed by atoms with E-state index < -0.39 is 17.4 Å². The van der Waals surface area contributed by atoms with E-state index in [1.54, 1.807) is 12.1 Å². The summed E-state index contributed by atoms with van der Waals surface area (Å²) >= 11 is 3.21. The third-order valence-electron chi connectivity index (χ3n) is 2.68. The largest absolute Gasteiger partial charge is 0.368 e. The molecular formula is C10H9BrN2O3. The lowest BCUT2D eigenvalue weighted by molar-refractivity contribution is -0.149. The molecule has 2 rings (SSSR count). The molecule has 84 valence electrons. The molecule has 16 heavy (non-hydrogen) atoms. The van der Waals surface area contributed by atoms with E-state index >= 15 is 0 Å². The lowest BCUT2D eigenvalue weighted by Crippen LogP contribution is -2.48. The molecule has 1 aliphatic rings. The van der Waals surface area contributed by atoms with Crippen LogP contribution in [0.25, 0.3) is 0 Å². The van der Waals surface area contributed by atoms with Crippen molar-refractivity contribution >= 4 is 33.4 Å². The number of aliphatic hydroxyl groups is 1.